The number of likely N-dealkylation sites (tertiary alicyclic amines) is 1. The van der Waals surface area contributed by atoms with E-state index in [1.807, 2.05) is 49.1 Å². The van der Waals surface area contributed by atoms with Crippen LogP contribution in [0.3, 0.4) is 0 Å². The van der Waals surface area contributed by atoms with Crippen LogP contribution in [0.2, 0.25) is 0 Å². The molecule has 0 saturated carbocycles. The lowest BCUT2D eigenvalue weighted by Crippen LogP contribution is -2.51. The first kappa shape index (κ1) is 24.2. The van der Waals surface area contributed by atoms with Crippen LogP contribution in [0.25, 0.3) is 0 Å². The van der Waals surface area contributed by atoms with Crippen LogP contribution in [-0.4, -0.2) is 46.0 Å². The molecule has 2 aliphatic rings. The summed E-state index contributed by atoms with van der Waals surface area (Å²) in [5.41, 5.74) is 3.12. The monoisotopic (exact) mass is 488 g/mol. The quantitative estimate of drug-likeness (QED) is 0.560. The highest BCUT2D eigenvalue weighted by atomic mass is 16.5. The standard InChI is InChI=1S/C28H32N4O4/c1-18(2)24-16-23(31-36-24)27(34)32-14-11-28(12-15-32)22-10-5-4-9-21(22)25(30-19(3)33)26(28)35-17-20-8-6-7-13-29-20/h4-10,13,16,18,25-26H,11-12,14-15,17H2,1-3H3,(H,30,33)/t25-,26+/m1/s1. The summed E-state index contributed by atoms with van der Waals surface area (Å²) in [5, 5.41) is 7.16. The number of rotatable bonds is 6. The van der Waals surface area contributed by atoms with Crippen LogP contribution < -0.4 is 5.32 Å². The van der Waals surface area contributed by atoms with E-state index in [1.165, 1.54) is 12.5 Å². The van der Waals surface area contributed by atoms with Gasteiger partial charge in [0.25, 0.3) is 5.91 Å². The van der Waals surface area contributed by atoms with Crippen molar-refractivity contribution in [3.05, 3.63) is 83.0 Å². The molecule has 0 unspecified atom stereocenters. The van der Waals surface area contributed by atoms with E-state index >= 15 is 0 Å². The third-order valence-electron chi connectivity index (χ3n) is 7.43. The molecule has 1 aromatic carbocycles. The zero-order valence-electron chi connectivity index (χ0n) is 20.9. The minimum Gasteiger partial charge on any atom is -0.368 e. The number of nitrogens with one attached hydrogen (secondary N) is 1. The first-order valence-corrected chi connectivity index (χ1v) is 12.5. The number of aromatic nitrogens is 2. The summed E-state index contributed by atoms with van der Waals surface area (Å²) in [7, 11) is 0. The fraction of sp³-hybridized carbons (Fsp3) is 0.429. The van der Waals surface area contributed by atoms with Crippen molar-refractivity contribution in [3.63, 3.8) is 0 Å². The number of fused-ring (bicyclic) bond motifs is 2. The van der Waals surface area contributed by atoms with Gasteiger partial charge in [0.1, 0.15) is 5.76 Å². The van der Waals surface area contributed by atoms with Crippen molar-refractivity contribution >= 4 is 11.8 Å². The third-order valence-corrected chi connectivity index (χ3v) is 7.43. The molecule has 188 valence electrons. The summed E-state index contributed by atoms with van der Waals surface area (Å²) in [4.78, 5) is 31.6. The number of hydrogen-bond donors (Lipinski definition) is 1. The largest absolute Gasteiger partial charge is 0.368 e. The van der Waals surface area contributed by atoms with E-state index in [0.29, 0.717) is 44.0 Å². The van der Waals surface area contributed by atoms with Crippen molar-refractivity contribution in [3.8, 4) is 0 Å². The normalized spacial score (nSPS) is 20.5. The molecule has 3 aromatic rings. The number of nitrogens with zero attached hydrogens (tertiary/aromatic N) is 3. The molecule has 1 spiro atoms. The van der Waals surface area contributed by atoms with Crippen molar-refractivity contribution < 1.29 is 18.8 Å². The number of hydrogen-bond acceptors (Lipinski definition) is 6. The molecule has 1 aliphatic carbocycles. The minimum atomic E-state index is -0.331. The van der Waals surface area contributed by atoms with Gasteiger partial charge in [-0.15, -0.1) is 0 Å². The van der Waals surface area contributed by atoms with E-state index in [-0.39, 0.29) is 35.3 Å². The van der Waals surface area contributed by atoms with Gasteiger partial charge in [0, 0.05) is 43.6 Å². The Hall–Kier alpha value is -3.52. The molecule has 0 radical (unpaired) electrons. The van der Waals surface area contributed by atoms with Gasteiger partial charge in [-0.2, -0.15) is 0 Å². The average molecular weight is 489 g/mol. The number of pyridine rings is 1. The molecule has 1 N–H and O–H groups in total. The van der Waals surface area contributed by atoms with E-state index in [1.54, 1.807) is 12.3 Å². The zero-order chi connectivity index (χ0) is 25.3. The summed E-state index contributed by atoms with van der Waals surface area (Å²) in [6.45, 7) is 7.02. The predicted molar refractivity (Wildman–Crippen MR) is 133 cm³/mol. The Morgan fingerprint density at radius 1 is 1.17 bits per heavy atom. The third kappa shape index (κ3) is 4.41. The molecule has 5 rings (SSSR count). The highest BCUT2D eigenvalue weighted by molar-refractivity contribution is 5.92. The first-order valence-electron chi connectivity index (χ1n) is 12.5. The number of amides is 2. The molecule has 3 heterocycles. The highest BCUT2D eigenvalue weighted by Gasteiger charge is 2.54. The van der Waals surface area contributed by atoms with Gasteiger partial charge in [0.15, 0.2) is 5.69 Å². The summed E-state index contributed by atoms with van der Waals surface area (Å²) in [6, 6.07) is 15.5. The molecule has 2 atom stereocenters. The molecule has 1 fully saturated rings. The maximum Gasteiger partial charge on any atom is 0.276 e. The van der Waals surface area contributed by atoms with Gasteiger partial charge in [0.05, 0.1) is 24.4 Å². The van der Waals surface area contributed by atoms with Crippen molar-refractivity contribution in [2.45, 2.75) is 63.7 Å². The molecule has 0 bridgehead atoms. The van der Waals surface area contributed by atoms with Crippen LogP contribution in [-0.2, 0) is 21.6 Å². The SMILES string of the molecule is CC(=O)N[C@@H]1c2ccccc2C2(CCN(C(=O)c3cc(C(C)C)on3)CC2)[C@H]1OCc1ccccn1. The number of carbonyl (C=O) groups is 2. The Bertz CT molecular complexity index is 1230. The van der Waals surface area contributed by atoms with Crippen molar-refractivity contribution in [1.29, 1.82) is 0 Å². The lowest BCUT2D eigenvalue weighted by atomic mass is 9.71. The van der Waals surface area contributed by atoms with Crippen molar-refractivity contribution in [2.75, 3.05) is 13.1 Å². The Kier molecular flexibility index (Phi) is 6.62. The smallest absolute Gasteiger partial charge is 0.276 e. The second-order valence-corrected chi connectivity index (χ2v) is 10.0. The topological polar surface area (TPSA) is 97.6 Å². The molecular weight excluding hydrogens is 456 g/mol. The zero-order valence-corrected chi connectivity index (χ0v) is 20.9. The summed E-state index contributed by atoms with van der Waals surface area (Å²) >= 11 is 0. The van der Waals surface area contributed by atoms with Crippen LogP contribution in [0.4, 0.5) is 0 Å². The lowest BCUT2D eigenvalue weighted by molar-refractivity contribution is -0.122. The Balaban J connectivity index is 1.41. The predicted octanol–water partition coefficient (Wildman–Crippen LogP) is 4.14. The van der Waals surface area contributed by atoms with E-state index in [4.69, 9.17) is 9.26 Å². The molecule has 2 aromatic heterocycles. The molecular formula is C28H32N4O4. The van der Waals surface area contributed by atoms with Gasteiger partial charge in [0.2, 0.25) is 5.91 Å². The van der Waals surface area contributed by atoms with Gasteiger partial charge < -0.3 is 19.5 Å². The summed E-state index contributed by atoms with van der Waals surface area (Å²) in [6.07, 6.45) is 2.90. The highest BCUT2D eigenvalue weighted by Crippen LogP contribution is 2.52. The van der Waals surface area contributed by atoms with Crippen LogP contribution >= 0.6 is 0 Å². The van der Waals surface area contributed by atoms with Gasteiger partial charge in [-0.1, -0.05) is 49.3 Å². The Morgan fingerprint density at radius 3 is 2.58 bits per heavy atom. The van der Waals surface area contributed by atoms with E-state index in [9.17, 15) is 9.59 Å². The maximum atomic E-state index is 13.2. The molecule has 1 saturated heterocycles. The van der Waals surface area contributed by atoms with E-state index in [0.717, 1.165) is 11.3 Å². The van der Waals surface area contributed by atoms with Gasteiger partial charge >= 0.3 is 0 Å². The maximum absolute atomic E-state index is 13.2. The fourth-order valence-corrected chi connectivity index (χ4v) is 5.63. The summed E-state index contributed by atoms with van der Waals surface area (Å²) < 4.78 is 11.9. The van der Waals surface area contributed by atoms with E-state index < -0.39 is 0 Å². The van der Waals surface area contributed by atoms with Crippen LogP contribution in [0.15, 0.2) is 59.3 Å². The number of piperidine rings is 1. The number of carbonyl (C=O) groups excluding carboxylic acids is 2. The second-order valence-electron chi connectivity index (χ2n) is 10.0. The molecule has 8 nitrogen and oxygen atoms in total. The Morgan fingerprint density at radius 2 is 1.92 bits per heavy atom. The van der Waals surface area contributed by atoms with Gasteiger partial charge in [-0.3, -0.25) is 14.6 Å². The van der Waals surface area contributed by atoms with Gasteiger partial charge in [-0.05, 0) is 36.1 Å². The Labute approximate surface area is 211 Å². The van der Waals surface area contributed by atoms with Crippen molar-refractivity contribution in [2.24, 2.45) is 0 Å². The van der Waals surface area contributed by atoms with Crippen LogP contribution in [0, 0.1) is 0 Å². The molecule has 36 heavy (non-hydrogen) atoms. The molecule has 2 amide bonds. The second kappa shape index (κ2) is 9.85. The fourth-order valence-electron chi connectivity index (χ4n) is 5.63. The molecule has 1 aliphatic heterocycles. The number of benzene rings is 1. The number of ether oxygens (including phenoxy) is 1. The van der Waals surface area contributed by atoms with Crippen LogP contribution in [0.5, 0.6) is 0 Å². The summed E-state index contributed by atoms with van der Waals surface area (Å²) in [5.74, 6) is 0.660. The molecule has 8 heteroatoms. The van der Waals surface area contributed by atoms with Crippen LogP contribution in [0.1, 0.15) is 78.6 Å². The van der Waals surface area contributed by atoms with E-state index in [2.05, 4.69) is 27.6 Å². The first-order chi connectivity index (χ1) is 17.4. The van der Waals surface area contributed by atoms with Crippen molar-refractivity contribution in [1.82, 2.24) is 20.4 Å². The average Bonchev–Trinajstić information content (AvgIpc) is 3.47. The van der Waals surface area contributed by atoms with Gasteiger partial charge in [-0.25, -0.2) is 0 Å². The lowest BCUT2D eigenvalue weighted by Gasteiger charge is -2.44. The minimum absolute atomic E-state index is 0.0992.